The highest BCUT2D eigenvalue weighted by Crippen LogP contribution is 2.62. The van der Waals surface area contributed by atoms with Crippen LogP contribution in [0.1, 0.15) is 6.42 Å². The van der Waals surface area contributed by atoms with Gasteiger partial charge in [-0.25, -0.2) is 0 Å². The molecule has 3 aliphatic rings. The second kappa shape index (κ2) is 5.48. The molecule has 3 heterocycles. The van der Waals surface area contributed by atoms with Crippen LogP contribution < -0.4 is 0 Å². The molecule has 3 aliphatic heterocycles. The quantitative estimate of drug-likeness (QED) is 0.608. The Morgan fingerprint density at radius 3 is 1.67 bits per heavy atom. The number of thioether (sulfide) groups is 6. The van der Waals surface area contributed by atoms with E-state index in [0.717, 1.165) is 0 Å². The number of hydrogen-bond acceptors (Lipinski definition) is 6. The van der Waals surface area contributed by atoms with Crippen LogP contribution in [0.15, 0.2) is 16.9 Å². The molecule has 0 radical (unpaired) electrons. The van der Waals surface area contributed by atoms with Crippen molar-refractivity contribution < 1.29 is 0 Å². The molecule has 0 amide bonds. The van der Waals surface area contributed by atoms with Gasteiger partial charge in [0, 0.05) is 11.5 Å². The Morgan fingerprint density at radius 1 is 0.533 bits per heavy atom. The molecule has 0 bridgehead atoms. The van der Waals surface area contributed by atoms with Gasteiger partial charge in [0.25, 0.3) is 0 Å². The summed E-state index contributed by atoms with van der Waals surface area (Å²) in [4.78, 5) is 0. The molecule has 0 nitrogen and oxygen atoms in total. The van der Waals surface area contributed by atoms with Gasteiger partial charge in [-0.15, -0.1) is 47.0 Å². The maximum atomic E-state index is 2.06. The lowest BCUT2D eigenvalue weighted by atomic mass is 10.6. The van der Waals surface area contributed by atoms with Crippen LogP contribution in [0.4, 0.5) is 0 Å². The van der Waals surface area contributed by atoms with Gasteiger partial charge in [0.1, 0.15) is 0 Å². The van der Waals surface area contributed by atoms with Gasteiger partial charge in [-0.3, -0.25) is 0 Å². The molecule has 0 aliphatic carbocycles. The van der Waals surface area contributed by atoms with E-state index < -0.39 is 0 Å². The van der Waals surface area contributed by atoms with Crippen LogP contribution in [-0.4, -0.2) is 23.0 Å². The molecule has 0 spiro atoms. The molecule has 0 atom stereocenters. The van der Waals surface area contributed by atoms with Crippen LogP contribution in [0, 0.1) is 0 Å². The van der Waals surface area contributed by atoms with Gasteiger partial charge in [-0.1, -0.05) is 23.5 Å². The van der Waals surface area contributed by atoms with Gasteiger partial charge in [0.2, 0.25) is 0 Å². The summed E-state index contributed by atoms with van der Waals surface area (Å²) in [6, 6.07) is 0. The smallest absolute Gasteiger partial charge is 0.0710 e. The molecule has 1 fully saturated rings. The molecule has 6 heteroatoms. The van der Waals surface area contributed by atoms with E-state index in [-0.39, 0.29) is 0 Å². The second-order valence-electron chi connectivity index (χ2n) is 3.10. The van der Waals surface area contributed by atoms with E-state index in [1.807, 2.05) is 47.0 Å². The molecule has 15 heavy (non-hydrogen) atoms. The van der Waals surface area contributed by atoms with E-state index in [0.29, 0.717) is 0 Å². The maximum absolute atomic E-state index is 2.06. The lowest BCUT2D eigenvalue weighted by Gasteiger charge is -2.14. The van der Waals surface area contributed by atoms with E-state index in [9.17, 15) is 0 Å². The molecular formula is C9H10S6. The fraction of sp³-hybridized carbons (Fsp3) is 0.556. The summed E-state index contributed by atoms with van der Waals surface area (Å²) in [5.74, 6) is 5.22. The van der Waals surface area contributed by atoms with Crippen LogP contribution in [0.3, 0.4) is 0 Å². The zero-order valence-electron chi connectivity index (χ0n) is 7.99. The van der Waals surface area contributed by atoms with Crippen LogP contribution in [0.5, 0.6) is 0 Å². The van der Waals surface area contributed by atoms with Crippen molar-refractivity contribution in [3.8, 4) is 0 Å². The summed E-state index contributed by atoms with van der Waals surface area (Å²) in [5, 5.41) is 0. The maximum Gasteiger partial charge on any atom is 0.0710 e. The molecule has 82 valence electrons. The summed E-state index contributed by atoms with van der Waals surface area (Å²) < 4.78 is 6.31. The topological polar surface area (TPSA) is 0 Å². The van der Waals surface area contributed by atoms with Crippen LogP contribution >= 0.6 is 70.6 Å². The van der Waals surface area contributed by atoms with E-state index in [4.69, 9.17) is 0 Å². The number of rotatable bonds is 0. The number of hydrogen-bond donors (Lipinski definition) is 0. The minimum absolute atomic E-state index is 1.29. The largest absolute Gasteiger partial charge is 0.118 e. The average molecular weight is 311 g/mol. The molecule has 0 aromatic rings. The highest BCUT2D eigenvalue weighted by Gasteiger charge is 2.28. The minimum atomic E-state index is 1.29. The Morgan fingerprint density at radius 2 is 1.07 bits per heavy atom. The molecule has 0 aromatic heterocycles. The highest BCUT2D eigenvalue weighted by atomic mass is 32.3. The van der Waals surface area contributed by atoms with Crippen LogP contribution in [0.25, 0.3) is 0 Å². The third kappa shape index (κ3) is 2.71. The average Bonchev–Trinajstić information content (AvgIpc) is 2.74. The standard InChI is InChI=1S/C9H10S6/c1-2-10-6(11-3-1)9-14-7-8(15-9)13-5-4-12-7/h1-5H2. The van der Waals surface area contributed by atoms with E-state index in [1.165, 1.54) is 29.4 Å². The fourth-order valence-electron chi connectivity index (χ4n) is 1.35. The summed E-state index contributed by atoms with van der Waals surface area (Å²) >= 11 is 12.3. The van der Waals surface area contributed by atoms with E-state index in [2.05, 4.69) is 23.5 Å². The first-order valence-corrected chi connectivity index (χ1v) is 10.4. The molecule has 1 saturated heterocycles. The van der Waals surface area contributed by atoms with Crippen molar-refractivity contribution in [3.63, 3.8) is 0 Å². The van der Waals surface area contributed by atoms with Gasteiger partial charge in [-0.2, -0.15) is 0 Å². The predicted molar refractivity (Wildman–Crippen MR) is 83.7 cm³/mol. The van der Waals surface area contributed by atoms with Crippen LogP contribution in [-0.2, 0) is 0 Å². The van der Waals surface area contributed by atoms with Crippen molar-refractivity contribution in [2.24, 2.45) is 0 Å². The van der Waals surface area contributed by atoms with Gasteiger partial charge in [0.05, 0.1) is 16.9 Å². The van der Waals surface area contributed by atoms with Gasteiger partial charge in [0.15, 0.2) is 0 Å². The lowest BCUT2D eigenvalue weighted by molar-refractivity contribution is 1.12. The van der Waals surface area contributed by atoms with E-state index in [1.54, 1.807) is 16.9 Å². The van der Waals surface area contributed by atoms with Crippen molar-refractivity contribution in [1.29, 1.82) is 0 Å². The molecule has 0 aromatic carbocycles. The van der Waals surface area contributed by atoms with Crippen LogP contribution in [0.2, 0.25) is 0 Å². The fourth-order valence-corrected chi connectivity index (χ4v) is 10.4. The van der Waals surface area contributed by atoms with Crippen molar-refractivity contribution in [3.05, 3.63) is 16.9 Å². The first kappa shape index (κ1) is 11.7. The molecule has 0 N–H and O–H groups in total. The Kier molecular flexibility index (Phi) is 4.26. The van der Waals surface area contributed by atoms with Crippen molar-refractivity contribution in [1.82, 2.24) is 0 Å². The lowest BCUT2D eigenvalue weighted by Crippen LogP contribution is -1.92. The zero-order valence-corrected chi connectivity index (χ0v) is 12.9. The Bertz CT molecular complexity index is 303. The summed E-state index contributed by atoms with van der Waals surface area (Å²) in [6.07, 6.45) is 1.37. The van der Waals surface area contributed by atoms with Gasteiger partial charge in [-0.05, 0) is 17.9 Å². The summed E-state index contributed by atoms with van der Waals surface area (Å²) in [5.41, 5.74) is 0. The van der Waals surface area contributed by atoms with Crippen molar-refractivity contribution in [2.45, 2.75) is 6.42 Å². The second-order valence-corrected chi connectivity index (χ2v) is 10.6. The summed E-state index contributed by atoms with van der Waals surface area (Å²) in [6.45, 7) is 0. The normalized spacial score (nSPS) is 27.2. The van der Waals surface area contributed by atoms with Gasteiger partial charge >= 0.3 is 0 Å². The molecule has 3 rings (SSSR count). The summed E-state index contributed by atoms with van der Waals surface area (Å²) in [7, 11) is 0. The highest BCUT2D eigenvalue weighted by molar-refractivity contribution is 8.42. The molecule has 0 unspecified atom stereocenters. The Balaban J connectivity index is 1.76. The Labute approximate surface area is 116 Å². The molecular weight excluding hydrogens is 301 g/mol. The first-order valence-electron chi connectivity index (χ1n) is 4.79. The van der Waals surface area contributed by atoms with E-state index >= 15 is 0 Å². The van der Waals surface area contributed by atoms with Gasteiger partial charge < -0.3 is 0 Å². The Hall–Kier alpha value is 1.58. The molecule has 0 saturated carbocycles. The third-order valence-corrected chi connectivity index (χ3v) is 10.9. The zero-order chi connectivity index (χ0) is 10.1. The van der Waals surface area contributed by atoms with Crippen molar-refractivity contribution in [2.75, 3.05) is 23.0 Å². The predicted octanol–water partition coefficient (Wildman–Crippen LogP) is 5.07. The van der Waals surface area contributed by atoms with Crippen molar-refractivity contribution >= 4 is 70.6 Å². The minimum Gasteiger partial charge on any atom is -0.118 e. The third-order valence-electron chi connectivity index (χ3n) is 2.01. The SMILES string of the molecule is C1CSC(=C2SC3=C(SCCS3)S2)SC1. The monoisotopic (exact) mass is 310 g/mol. The first-order chi connectivity index (χ1) is 7.43.